The fourth-order valence-electron chi connectivity index (χ4n) is 2.95. The molecule has 0 aliphatic rings. The van der Waals surface area contributed by atoms with Gasteiger partial charge in [-0.25, -0.2) is 9.78 Å². The third kappa shape index (κ3) is 10.7. The zero-order valence-corrected chi connectivity index (χ0v) is 20.3. The Bertz CT molecular complexity index is 866. The van der Waals surface area contributed by atoms with Crippen LogP contribution in [-0.2, 0) is 30.4 Å². The summed E-state index contributed by atoms with van der Waals surface area (Å²) in [6.07, 6.45) is 3.12. The summed E-state index contributed by atoms with van der Waals surface area (Å²) in [6.45, 7) is 1.17. The van der Waals surface area contributed by atoms with Crippen LogP contribution in [0.25, 0.3) is 0 Å². The molecule has 15 heteroatoms. The van der Waals surface area contributed by atoms with Gasteiger partial charge in [0.2, 0.25) is 23.6 Å². The molecule has 196 valence electrons. The van der Waals surface area contributed by atoms with Crippen molar-refractivity contribution in [3.05, 3.63) is 18.2 Å². The standard InChI is InChI=1S/C20H33N7O7S/c1-10(28)16(20(33)34)27-18(31)13(3-4-15(22)29)25-19(32)14(7-11-8-23-9-24-11)26-17(30)12(21)5-6-35-2/h8-10,12-14,16,28H,3-7,21H2,1-2H3,(H2,22,29)(H,23,24)(H,25,32)(H,26,30)(H,27,31)(H,33,34). The number of H-pyrrole nitrogens is 1. The highest BCUT2D eigenvalue weighted by Crippen LogP contribution is 2.06. The Kier molecular flexibility index (Phi) is 12.8. The van der Waals surface area contributed by atoms with Crippen LogP contribution in [0.1, 0.15) is 31.9 Å². The number of nitrogens with zero attached hydrogens (tertiary/aromatic N) is 1. The van der Waals surface area contributed by atoms with Crippen LogP contribution in [0, 0.1) is 0 Å². The van der Waals surface area contributed by atoms with Crippen LogP contribution in [0.4, 0.5) is 0 Å². The largest absolute Gasteiger partial charge is 0.480 e. The molecule has 1 aromatic rings. The van der Waals surface area contributed by atoms with Crippen molar-refractivity contribution in [3.63, 3.8) is 0 Å². The number of nitrogens with two attached hydrogens (primary N) is 2. The first-order valence-corrected chi connectivity index (χ1v) is 12.2. The molecule has 0 fully saturated rings. The molecule has 0 saturated carbocycles. The second kappa shape index (κ2) is 15.0. The molecule has 0 aliphatic heterocycles. The van der Waals surface area contributed by atoms with Crippen LogP contribution in [0.5, 0.6) is 0 Å². The van der Waals surface area contributed by atoms with E-state index in [1.54, 1.807) is 0 Å². The number of aromatic nitrogens is 2. The van der Waals surface area contributed by atoms with Gasteiger partial charge < -0.3 is 42.6 Å². The summed E-state index contributed by atoms with van der Waals surface area (Å²) in [6, 6.07) is -5.05. The van der Waals surface area contributed by atoms with Crippen LogP contribution >= 0.6 is 11.8 Å². The number of hydrogen-bond donors (Lipinski definition) is 8. The maximum absolute atomic E-state index is 13.1. The molecule has 14 nitrogen and oxygen atoms in total. The van der Waals surface area contributed by atoms with Gasteiger partial charge in [0.05, 0.1) is 18.5 Å². The predicted molar refractivity (Wildman–Crippen MR) is 127 cm³/mol. The Morgan fingerprint density at radius 1 is 1.09 bits per heavy atom. The van der Waals surface area contributed by atoms with Crippen molar-refractivity contribution in [2.24, 2.45) is 11.5 Å². The minimum absolute atomic E-state index is 0.0115. The smallest absolute Gasteiger partial charge is 0.328 e. The van der Waals surface area contributed by atoms with E-state index in [0.29, 0.717) is 17.9 Å². The number of primary amides is 1. The van der Waals surface area contributed by atoms with E-state index in [2.05, 4.69) is 25.9 Å². The number of carbonyl (C=O) groups excluding carboxylic acids is 4. The second-order valence-electron chi connectivity index (χ2n) is 7.86. The van der Waals surface area contributed by atoms with E-state index in [4.69, 9.17) is 11.5 Å². The van der Waals surface area contributed by atoms with Crippen molar-refractivity contribution in [2.45, 2.75) is 62.9 Å². The Balaban J connectivity index is 3.06. The molecular weight excluding hydrogens is 482 g/mol. The first-order chi connectivity index (χ1) is 16.5. The van der Waals surface area contributed by atoms with E-state index in [1.165, 1.54) is 31.2 Å². The Morgan fingerprint density at radius 3 is 2.23 bits per heavy atom. The molecule has 5 unspecified atom stereocenters. The van der Waals surface area contributed by atoms with Crippen LogP contribution in [0.15, 0.2) is 12.5 Å². The number of aliphatic hydroxyl groups is 1. The zero-order valence-electron chi connectivity index (χ0n) is 19.5. The summed E-state index contributed by atoms with van der Waals surface area (Å²) in [4.78, 5) is 67.6. The van der Waals surface area contributed by atoms with Crippen molar-refractivity contribution >= 4 is 41.4 Å². The molecule has 0 aliphatic carbocycles. The topological polar surface area (TPSA) is 243 Å². The number of carboxylic acids is 1. The summed E-state index contributed by atoms with van der Waals surface area (Å²) >= 11 is 1.51. The van der Waals surface area contributed by atoms with Crippen LogP contribution in [-0.4, -0.2) is 92.1 Å². The van der Waals surface area contributed by atoms with E-state index < -0.39 is 59.9 Å². The average molecular weight is 516 g/mol. The quantitative estimate of drug-likeness (QED) is 0.112. The monoisotopic (exact) mass is 515 g/mol. The first-order valence-electron chi connectivity index (χ1n) is 10.8. The minimum Gasteiger partial charge on any atom is -0.480 e. The highest BCUT2D eigenvalue weighted by Gasteiger charge is 2.32. The molecule has 1 aromatic heterocycles. The zero-order chi connectivity index (χ0) is 26.5. The third-order valence-corrected chi connectivity index (χ3v) is 5.58. The van der Waals surface area contributed by atoms with Gasteiger partial charge >= 0.3 is 5.97 Å². The molecule has 1 heterocycles. The molecule has 0 saturated heterocycles. The van der Waals surface area contributed by atoms with Crippen molar-refractivity contribution in [2.75, 3.05) is 12.0 Å². The normalized spacial score (nSPS) is 15.2. The number of aromatic amines is 1. The van der Waals surface area contributed by atoms with Gasteiger partial charge in [-0.2, -0.15) is 11.8 Å². The van der Waals surface area contributed by atoms with Gasteiger partial charge in [-0.3, -0.25) is 19.2 Å². The number of imidazole rings is 1. The molecule has 0 aromatic carbocycles. The molecule has 10 N–H and O–H groups in total. The lowest BCUT2D eigenvalue weighted by Crippen LogP contribution is -2.58. The van der Waals surface area contributed by atoms with E-state index >= 15 is 0 Å². The Labute approximate surface area is 206 Å². The summed E-state index contributed by atoms with van der Waals surface area (Å²) < 4.78 is 0. The van der Waals surface area contributed by atoms with Gasteiger partial charge in [-0.15, -0.1) is 0 Å². The first kappa shape index (κ1) is 29.9. The van der Waals surface area contributed by atoms with E-state index in [1.807, 2.05) is 6.26 Å². The number of amides is 4. The number of hydrogen-bond acceptors (Lipinski definition) is 9. The van der Waals surface area contributed by atoms with Crippen molar-refractivity contribution in [1.82, 2.24) is 25.9 Å². The van der Waals surface area contributed by atoms with Crippen molar-refractivity contribution in [1.29, 1.82) is 0 Å². The lowest BCUT2D eigenvalue weighted by Gasteiger charge is -2.25. The molecule has 0 radical (unpaired) electrons. The van der Waals surface area contributed by atoms with E-state index in [0.717, 1.165) is 0 Å². The lowest BCUT2D eigenvalue weighted by atomic mass is 10.1. The molecular formula is C20H33N7O7S. The fraction of sp³-hybridized carbons (Fsp3) is 0.600. The van der Waals surface area contributed by atoms with Gasteiger partial charge in [-0.1, -0.05) is 0 Å². The van der Waals surface area contributed by atoms with Crippen molar-refractivity contribution in [3.8, 4) is 0 Å². The highest BCUT2D eigenvalue weighted by molar-refractivity contribution is 7.98. The number of aliphatic hydroxyl groups excluding tert-OH is 1. The number of carboxylic acid groups (broad SMARTS) is 1. The van der Waals surface area contributed by atoms with E-state index in [9.17, 15) is 34.2 Å². The summed E-state index contributed by atoms with van der Waals surface area (Å²) in [5, 5.41) is 26.0. The number of rotatable bonds is 16. The van der Waals surface area contributed by atoms with Gasteiger partial charge in [-0.05, 0) is 31.8 Å². The SMILES string of the molecule is CSCCC(N)C(=O)NC(Cc1cnc[nH]1)C(=O)NC(CCC(N)=O)C(=O)NC(C(=O)O)C(C)O. The molecule has 0 bridgehead atoms. The summed E-state index contributed by atoms with van der Waals surface area (Å²) in [5.74, 6) is -3.90. The Hall–Kier alpha value is -3.17. The van der Waals surface area contributed by atoms with Crippen LogP contribution in [0.2, 0.25) is 0 Å². The second-order valence-corrected chi connectivity index (χ2v) is 8.85. The minimum atomic E-state index is -1.65. The molecule has 5 atom stereocenters. The third-order valence-electron chi connectivity index (χ3n) is 4.94. The van der Waals surface area contributed by atoms with Crippen molar-refractivity contribution < 1.29 is 34.2 Å². The van der Waals surface area contributed by atoms with Gasteiger partial charge in [0.25, 0.3) is 0 Å². The molecule has 0 spiro atoms. The summed E-state index contributed by atoms with van der Waals surface area (Å²) in [5.41, 5.74) is 11.6. The number of aliphatic carboxylic acids is 1. The fourth-order valence-corrected chi connectivity index (χ4v) is 3.44. The Morgan fingerprint density at radius 2 is 1.71 bits per heavy atom. The number of nitrogens with one attached hydrogen (secondary N) is 4. The highest BCUT2D eigenvalue weighted by atomic mass is 32.2. The van der Waals surface area contributed by atoms with Gasteiger partial charge in [0.1, 0.15) is 12.1 Å². The maximum atomic E-state index is 13.1. The van der Waals surface area contributed by atoms with Gasteiger partial charge in [0, 0.05) is 24.7 Å². The van der Waals surface area contributed by atoms with E-state index in [-0.39, 0.29) is 19.3 Å². The molecule has 4 amide bonds. The van der Waals surface area contributed by atoms with Crippen LogP contribution in [0.3, 0.4) is 0 Å². The predicted octanol–water partition coefficient (Wildman–Crippen LogP) is -2.78. The molecule has 35 heavy (non-hydrogen) atoms. The lowest BCUT2D eigenvalue weighted by molar-refractivity contribution is -0.145. The number of thioether (sulfide) groups is 1. The van der Waals surface area contributed by atoms with Gasteiger partial charge in [0.15, 0.2) is 6.04 Å². The summed E-state index contributed by atoms with van der Waals surface area (Å²) in [7, 11) is 0. The number of carbonyl (C=O) groups is 5. The maximum Gasteiger partial charge on any atom is 0.328 e. The molecule has 1 rings (SSSR count). The van der Waals surface area contributed by atoms with Crippen LogP contribution < -0.4 is 27.4 Å². The average Bonchev–Trinajstić information content (AvgIpc) is 3.30.